The summed E-state index contributed by atoms with van der Waals surface area (Å²) in [5.41, 5.74) is 0. The summed E-state index contributed by atoms with van der Waals surface area (Å²) in [4.78, 5) is 2.35. The first-order valence-electron chi connectivity index (χ1n) is 6.86. The molecule has 0 saturated carbocycles. The van der Waals surface area contributed by atoms with E-state index in [9.17, 15) is 8.42 Å². The molecular formula is C12H27N3O2S. The van der Waals surface area contributed by atoms with Crippen LogP contribution in [0.5, 0.6) is 0 Å². The average Bonchev–Trinajstić information content (AvgIpc) is 2.29. The number of sulfonamides is 1. The quantitative estimate of drug-likeness (QED) is 0.676. The normalized spacial score (nSPS) is 19.6. The molecule has 0 aromatic rings. The van der Waals surface area contributed by atoms with Crippen molar-refractivity contribution in [3.8, 4) is 0 Å². The van der Waals surface area contributed by atoms with Gasteiger partial charge in [0, 0.05) is 39.3 Å². The van der Waals surface area contributed by atoms with Gasteiger partial charge in [0.25, 0.3) is 0 Å². The van der Waals surface area contributed by atoms with Crippen LogP contribution < -0.4 is 5.32 Å². The van der Waals surface area contributed by atoms with Crippen LogP contribution in [0.25, 0.3) is 0 Å². The van der Waals surface area contributed by atoms with Gasteiger partial charge in [0.1, 0.15) is 0 Å². The van der Waals surface area contributed by atoms with E-state index in [1.807, 2.05) is 6.92 Å². The molecule has 0 spiro atoms. The van der Waals surface area contributed by atoms with Crippen molar-refractivity contribution in [2.24, 2.45) is 5.92 Å². The molecule has 0 unspecified atom stereocenters. The van der Waals surface area contributed by atoms with Gasteiger partial charge in [0.2, 0.25) is 10.0 Å². The van der Waals surface area contributed by atoms with Crippen molar-refractivity contribution in [1.29, 1.82) is 0 Å². The molecule has 0 aromatic carbocycles. The molecule has 5 nitrogen and oxygen atoms in total. The summed E-state index contributed by atoms with van der Waals surface area (Å²) in [6.45, 7) is 11.8. The predicted molar refractivity (Wildman–Crippen MR) is 75.2 cm³/mol. The monoisotopic (exact) mass is 277 g/mol. The zero-order valence-corrected chi connectivity index (χ0v) is 12.7. The molecule has 1 rings (SSSR count). The van der Waals surface area contributed by atoms with Crippen LogP contribution in [-0.2, 0) is 10.0 Å². The summed E-state index contributed by atoms with van der Waals surface area (Å²) < 4.78 is 25.8. The molecule has 0 amide bonds. The molecule has 6 heteroatoms. The predicted octanol–water partition coefficient (Wildman–Crippen LogP) is 0.199. The van der Waals surface area contributed by atoms with E-state index >= 15 is 0 Å². The van der Waals surface area contributed by atoms with E-state index in [1.54, 1.807) is 4.31 Å². The average molecular weight is 277 g/mol. The fraction of sp³-hybridized carbons (Fsp3) is 1.00. The van der Waals surface area contributed by atoms with E-state index in [0.717, 1.165) is 26.2 Å². The molecule has 0 bridgehead atoms. The van der Waals surface area contributed by atoms with E-state index in [0.29, 0.717) is 25.6 Å². The molecule has 108 valence electrons. The fourth-order valence-corrected chi connectivity index (χ4v) is 3.59. The Balaban J connectivity index is 2.37. The molecule has 1 aliphatic rings. The smallest absolute Gasteiger partial charge is 0.215 e. The second-order valence-corrected chi connectivity index (χ2v) is 7.35. The number of rotatable bonds is 7. The standard InChI is InChI=1S/C12H27N3O2S/c1-4-13-5-10-18(16,17)15-8-6-14(7-9-15)11-12(2)3/h12-13H,4-11H2,1-3H3. The summed E-state index contributed by atoms with van der Waals surface area (Å²) in [7, 11) is -3.06. The van der Waals surface area contributed by atoms with Gasteiger partial charge in [0.05, 0.1) is 5.75 Å². The maximum Gasteiger partial charge on any atom is 0.215 e. The van der Waals surface area contributed by atoms with Crippen molar-refractivity contribution in [3.05, 3.63) is 0 Å². The number of hydrogen-bond donors (Lipinski definition) is 1. The Hall–Kier alpha value is -0.170. The second kappa shape index (κ2) is 7.43. The third kappa shape index (κ3) is 5.22. The minimum Gasteiger partial charge on any atom is -0.316 e. The van der Waals surface area contributed by atoms with Gasteiger partial charge in [0.15, 0.2) is 0 Å². The Kier molecular flexibility index (Phi) is 6.55. The van der Waals surface area contributed by atoms with Crippen LogP contribution in [0, 0.1) is 5.92 Å². The Bertz CT molecular complexity index is 322. The van der Waals surface area contributed by atoms with Crippen molar-refractivity contribution in [2.75, 3.05) is 51.6 Å². The lowest BCUT2D eigenvalue weighted by Gasteiger charge is -2.34. The van der Waals surface area contributed by atoms with Crippen LogP contribution in [0.4, 0.5) is 0 Å². The van der Waals surface area contributed by atoms with Crippen LogP contribution in [0.3, 0.4) is 0 Å². The van der Waals surface area contributed by atoms with Crippen molar-refractivity contribution in [1.82, 2.24) is 14.5 Å². The molecule has 0 atom stereocenters. The maximum atomic E-state index is 12.1. The van der Waals surface area contributed by atoms with Gasteiger partial charge in [-0.1, -0.05) is 20.8 Å². The van der Waals surface area contributed by atoms with E-state index in [2.05, 4.69) is 24.1 Å². The topological polar surface area (TPSA) is 52.7 Å². The largest absolute Gasteiger partial charge is 0.316 e. The third-order valence-corrected chi connectivity index (χ3v) is 5.01. The molecule has 0 aromatic heterocycles. The summed E-state index contributed by atoms with van der Waals surface area (Å²) in [5.74, 6) is 0.854. The van der Waals surface area contributed by atoms with Crippen LogP contribution >= 0.6 is 0 Å². The van der Waals surface area contributed by atoms with Gasteiger partial charge in [-0.25, -0.2) is 8.42 Å². The first-order chi connectivity index (χ1) is 8.45. The zero-order valence-electron chi connectivity index (χ0n) is 11.9. The van der Waals surface area contributed by atoms with Gasteiger partial charge < -0.3 is 10.2 Å². The maximum absolute atomic E-state index is 12.1. The van der Waals surface area contributed by atoms with Crippen molar-refractivity contribution in [2.45, 2.75) is 20.8 Å². The number of nitrogens with zero attached hydrogens (tertiary/aromatic N) is 2. The molecular weight excluding hydrogens is 250 g/mol. The first-order valence-corrected chi connectivity index (χ1v) is 8.47. The lowest BCUT2D eigenvalue weighted by Crippen LogP contribution is -2.50. The highest BCUT2D eigenvalue weighted by molar-refractivity contribution is 7.89. The summed E-state index contributed by atoms with van der Waals surface area (Å²) >= 11 is 0. The van der Waals surface area contributed by atoms with Crippen LogP contribution in [0.2, 0.25) is 0 Å². The van der Waals surface area contributed by atoms with Crippen LogP contribution in [0.1, 0.15) is 20.8 Å². The highest BCUT2D eigenvalue weighted by Gasteiger charge is 2.26. The van der Waals surface area contributed by atoms with E-state index < -0.39 is 10.0 Å². The molecule has 18 heavy (non-hydrogen) atoms. The number of nitrogens with one attached hydrogen (secondary N) is 1. The van der Waals surface area contributed by atoms with Crippen LogP contribution in [-0.4, -0.2) is 69.2 Å². The van der Waals surface area contributed by atoms with Gasteiger partial charge in [-0.3, -0.25) is 0 Å². The minimum atomic E-state index is -3.06. The Labute approximate surface area is 112 Å². The van der Waals surface area contributed by atoms with Crippen molar-refractivity contribution < 1.29 is 8.42 Å². The molecule has 0 radical (unpaired) electrons. The number of piperazine rings is 1. The molecule has 1 saturated heterocycles. The lowest BCUT2D eigenvalue weighted by atomic mass is 10.2. The van der Waals surface area contributed by atoms with Crippen molar-refractivity contribution in [3.63, 3.8) is 0 Å². The van der Waals surface area contributed by atoms with E-state index in [-0.39, 0.29) is 5.75 Å². The van der Waals surface area contributed by atoms with Crippen molar-refractivity contribution >= 4 is 10.0 Å². The van der Waals surface area contributed by atoms with Gasteiger partial charge in [-0.05, 0) is 12.5 Å². The SMILES string of the molecule is CCNCCS(=O)(=O)N1CCN(CC(C)C)CC1. The van der Waals surface area contributed by atoms with Gasteiger partial charge >= 0.3 is 0 Å². The molecule has 1 fully saturated rings. The van der Waals surface area contributed by atoms with E-state index in [4.69, 9.17) is 0 Å². The first kappa shape index (κ1) is 15.9. The lowest BCUT2D eigenvalue weighted by molar-refractivity contribution is 0.172. The summed E-state index contributed by atoms with van der Waals surface area (Å²) in [6, 6.07) is 0. The molecule has 1 N–H and O–H groups in total. The molecule has 0 aliphatic carbocycles. The second-order valence-electron chi connectivity index (χ2n) is 5.26. The molecule has 1 heterocycles. The van der Waals surface area contributed by atoms with Gasteiger partial charge in [-0.2, -0.15) is 4.31 Å². The minimum absolute atomic E-state index is 0.213. The highest BCUT2D eigenvalue weighted by Crippen LogP contribution is 2.09. The summed E-state index contributed by atoms with van der Waals surface area (Å²) in [6.07, 6.45) is 0. The third-order valence-electron chi connectivity index (χ3n) is 3.13. The number of hydrogen-bond acceptors (Lipinski definition) is 4. The fourth-order valence-electron chi connectivity index (χ4n) is 2.21. The van der Waals surface area contributed by atoms with Gasteiger partial charge in [-0.15, -0.1) is 0 Å². The Morgan fingerprint density at radius 3 is 2.28 bits per heavy atom. The van der Waals surface area contributed by atoms with E-state index in [1.165, 1.54) is 0 Å². The van der Waals surface area contributed by atoms with Crippen LogP contribution in [0.15, 0.2) is 0 Å². The highest BCUT2D eigenvalue weighted by atomic mass is 32.2. The Morgan fingerprint density at radius 1 is 1.17 bits per heavy atom. The Morgan fingerprint density at radius 2 is 1.78 bits per heavy atom. The zero-order chi connectivity index (χ0) is 13.6. The summed E-state index contributed by atoms with van der Waals surface area (Å²) in [5, 5.41) is 3.06. The molecule has 1 aliphatic heterocycles.